The topological polar surface area (TPSA) is 65.7 Å². The van der Waals surface area contributed by atoms with E-state index in [1.807, 2.05) is 19.9 Å². The Labute approximate surface area is 167 Å². The predicted molar refractivity (Wildman–Crippen MR) is 109 cm³/mol. The summed E-state index contributed by atoms with van der Waals surface area (Å²) in [6.07, 6.45) is 1.17. The van der Waals surface area contributed by atoms with Crippen LogP contribution in [0, 0.1) is 0 Å². The molecule has 0 unspecified atom stereocenters. The molecule has 28 heavy (non-hydrogen) atoms. The van der Waals surface area contributed by atoms with Gasteiger partial charge in [0.2, 0.25) is 5.43 Å². The van der Waals surface area contributed by atoms with Crippen molar-refractivity contribution in [2.75, 3.05) is 0 Å². The van der Waals surface area contributed by atoms with Gasteiger partial charge >= 0.3 is 5.97 Å². The van der Waals surface area contributed by atoms with Gasteiger partial charge in [-0.05, 0) is 38.5 Å². The second kappa shape index (κ2) is 8.48. The van der Waals surface area contributed by atoms with E-state index in [2.05, 4.69) is 0 Å². The standard InChI is InChI=1S/C22H21ClO5/c1-4-13(2)27-22(25)14(3)28-15-9-10-17-20(11-15)26-12-18(21(17)24)16-7-5-6-8-19(16)23/h5-14H,4H2,1-3H3/t13-,14-/m0/s1. The highest BCUT2D eigenvalue weighted by molar-refractivity contribution is 6.33. The minimum absolute atomic E-state index is 0.170. The molecule has 0 saturated carbocycles. The van der Waals surface area contributed by atoms with Gasteiger partial charge in [-0.2, -0.15) is 0 Å². The van der Waals surface area contributed by atoms with Crippen LogP contribution in [0.25, 0.3) is 22.1 Å². The van der Waals surface area contributed by atoms with Crippen LogP contribution in [-0.4, -0.2) is 18.2 Å². The van der Waals surface area contributed by atoms with Crippen LogP contribution < -0.4 is 10.2 Å². The van der Waals surface area contributed by atoms with Crippen LogP contribution >= 0.6 is 11.6 Å². The Morgan fingerprint density at radius 2 is 1.89 bits per heavy atom. The molecule has 0 bridgehead atoms. The lowest BCUT2D eigenvalue weighted by molar-refractivity contribution is -0.155. The van der Waals surface area contributed by atoms with Crippen LogP contribution in [0.3, 0.4) is 0 Å². The monoisotopic (exact) mass is 400 g/mol. The van der Waals surface area contributed by atoms with Gasteiger partial charge in [-0.25, -0.2) is 4.79 Å². The molecule has 3 rings (SSSR count). The Balaban J connectivity index is 1.87. The molecular formula is C22H21ClO5. The smallest absolute Gasteiger partial charge is 0.347 e. The predicted octanol–water partition coefficient (Wildman–Crippen LogP) is 5.22. The van der Waals surface area contributed by atoms with Crippen molar-refractivity contribution in [1.29, 1.82) is 0 Å². The molecule has 0 aliphatic rings. The lowest BCUT2D eigenvalue weighted by Crippen LogP contribution is -2.29. The van der Waals surface area contributed by atoms with Crippen molar-refractivity contribution in [2.24, 2.45) is 0 Å². The second-order valence-corrected chi connectivity index (χ2v) is 6.94. The third kappa shape index (κ3) is 4.20. The summed E-state index contributed by atoms with van der Waals surface area (Å²) in [6, 6.07) is 11.9. The fraction of sp³-hybridized carbons (Fsp3) is 0.273. The quantitative estimate of drug-likeness (QED) is 0.530. The molecule has 3 aromatic rings. The van der Waals surface area contributed by atoms with E-state index in [4.69, 9.17) is 25.5 Å². The summed E-state index contributed by atoms with van der Waals surface area (Å²) in [4.78, 5) is 24.9. The number of hydrogen-bond acceptors (Lipinski definition) is 5. The van der Waals surface area contributed by atoms with Gasteiger partial charge in [0, 0.05) is 16.7 Å². The van der Waals surface area contributed by atoms with Gasteiger partial charge in [-0.3, -0.25) is 4.79 Å². The van der Waals surface area contributed by atoms with Gasteiger partial charge in [0.15, 0.2) is 6.10 Å². The van der Waals surface area contributed by atoms with E-state index in [9.17, 15) is 9.59 Å². The average Bonchev–Trinajstić information content (AvgIpc) is 2.69. The summed E-state index contributed by atoms with van der Waals surface area (Å²) in [7, 11) is 0. The van der Waals surface area contributed by atoms with E-state index in [0.717, 1.165) is 6.42 Å². The molecule has 0 N–H and O–H groups in total. The number of carbonyl (C=O) groups is 1. The number of hydrogen-bond donors (Lipinski definition) is 0. The second-order valence-electron chi connectivity index (χ2n) is 6.53. The molecule has 1 heterocycles. The Morgan fingerprint density at radius 1 is 1.14 bits per heavy atom. The van der Waals surface area contributed by atoms with Gasteiger partial charge < -0.3 is 13.9 Å². The largest absolute Gasteiger partial charge is 0.479 e. The van der Waals surface area contributed by atoms with E-state index in [0.29, 0.717) is 32.9 Å². The highest BCUT2D eigenvalue weighted by Gasteiger charge is 2.19. The number of esters is 1. The van der Waals surface area contributed by atoms with E-state index in [1.165, 1.54) is 6.26 Å². The number of fused-ring (bicyclic) bond motifs is 1. The van der Waals surface area contributed by atoms with Crippen LogP contribution in [0.2, 0.25) is 5.02 Å². The molecule has 146 valence electrons. The highest BCUT2D eigenvalue weighted by Crippen LogP contribution is 2.28. The minimum atomic E-state index is -0.777. The molecule has 0 aliphatic carbocycles. The lowest BCUT2D eigenvalue weighted by Gasteiger charge is -2.17. The fourth-order valence-corrected chi connectivity index (χ4v) is 2.91. The SMILES string of the molecule is CC[C@H](C)OC(=O)[C@H](C)Oc1ccc2c(=O)c(-c3ccccc3Cl)coc2c1. The first-order valence-electron chi connectivity index (χ1n) is 9.08. The molecule has 2 atom stereocenters. The number of carbonyl (C=O) groups excluding carboxylic acids is 1. The number of rotatable bonds is 6. The zero-order valence-electron chi connectivity index (χ0n) is 15.9. The van der Waals surface area contributed by atoms with Crippen molar-refractivity contribution in [2.45, 2.75) is 39.4 Å². The van der Waals surface area contributed by atoms with Gasteiger partial charge in [-0.1, -0.05) is 36.7 Å². The van der Waals surface area contributed by atoms with E-state index in [1.54, 1.807) is 43.3 Å². The Bertz CT molecular complexity index is 1060. The van der Waals surface area contributed by atoms with Gasteiger partial charge in [0.25, 0.3) is 0 Å². The summed E-state index contributed by atoms with van der Waals surface area (Å²) >= 11 is 6.20. The maximum Gasteiger partial charge on any atom is 0.347 e. The number of benzene rings is 2. The molecule has 0 saturated heterocycles. The first kappa shape index (κ1) is 20.0. The van der Waals surface area contributed by atoms with Crippen molar-refractivity contribution in [3.05, 3.63) is 64.0 Å². The summed E-state index contributed by atoms with van der Waals surface area (Å²) in [5.41, 5.74) is 1.17. The third-order valence-electron chi connectivity index (χ3n) is 4.45. The molecule has 5 nitrogen and oxygen atoms in total. The van der Waals surface area contributed by atoms with Crippen molar-refractivity contribution in [1.82, 2.24) is 0 Å². The van der Waals surface area contributed by atoms with Crippen molar-refractivity contribution in [3.63, 3.8) is 0 Å². The lowest BCUT2D eigenvalue weighted by atomic mass is 10.1. The molecule has 2 aromatic carbocycles. The first-order valence-corrected chi connectivity index (χ1v) is 9.46. The summed E-state index contributed by atoms with van der Waals surface area (Å²) in [6.45, 7) is 5.38. The van der Waals surface area contributed by atoms with Crippen LogP contribution in [-0.2, 0) is 9.53 Å². The maximum absolute atomic E-state index is 12.8. The zero-order chi connectivity index (χ0) is 20.3. The minimum Gasteiger partial charge on any atom is -0.479 e. The molecule has 6 heteroatoms. The van der Waals surface area contributed by atoms with Gasteiger partial charge in [0.05, 0.1) is 17.1 Å². The molecule has 0 aliphatic heterocycles. The molecule has 0 fully saturated rings. The van der Waals surface area contributed by atoms with E-state index < -0.39 is 12.1 Å². The summed E-state index contributed by atoms with van der Waals surface area (Å²) < 4.78 is 16.6. The van der Waals surface area contributed by atoms with E-state index in [-0.39, 0.29) is 11.5 Å². The Morgan fingerprint density at radius 3 is 2.61 bits per heavy atom. The van der Waals surface area contributed by atoms with Crippen LogP contribution in [0.4, 0.5) is 0 Å². The number of ether oxygens (including phenoxy) is 2. The summed E-state index contributed by atoms with van der Waals surface area (Å²) in [5, 5.41) is 0.877. The van der Waals surface area contributed by atoms with Crippen molar-refractivity contribution in [3.8, 4) is 16.9 Å². The van der Waals surface area contributed by atoms with Crippen LogP contribution in [0.1, 0.15) is 27.2 Å². The maximum atomic E-state index is 12.8. The van der Waals surface area contributed by atoms with Gasteiger partial charge in [0.1, 0.15) is 17.6 Å². The average molecular weight is 401 g/mol. The molecular weight excluding hydrogens is 380 g/mol. The first-order chi connectivity index (χ1) is 13.4. The Kier molecular flexibility index (Phi) is 6.05. The summed E-state index contributed by atoms with van der Waals surface area (Å²) in [5.74, 6) is -0.0280. The van der Waals surface area contributed by atoms with Crippen LogP contribution in [0.5, 0.6) is 5.75 Å². The normalized spacial score (nSPS) is 13.1. The highest BCUT2D eigenvalue weighted by atomic mass is 35.5. The zero-order valence-corrected chi connectivity index (χ0v) is 16.7. The van der Waals surface area contributed by atoms with Crippen molar-refractivity contribution < 1.29 is 18.7 Å². The van der Waals surface area contributed by atoms with Crippen LogP contribution in [0.15, 0.2) is 57.9 Å². The number of halogens is 1. The Hall–Kier alpha value is -2.79. The molecule has 1 aromatic heterocycles. The van der Waals surface area contributed by atoms with Gasteiger partial charge in [-0.15, -0.1) is 0 Å². The molecule has 0 amide bonds. The fourth-order valence-electron chi connectivity index (χ4n) is 2.68. The van der Waals surface area contributed by atoms with Crippen molar-refractivity contribution >= 4 is 28.5 Å². The molecule has 0 spiro atoms. The molecule has 0 radical (unpaired) electrons. The third-order valence-corrected chi connectivity index (χ3v) is 4.78. The van der Waals surface area contributed by atoms with E-state index >= 15 is 0 Å².